The van der Waals surface area contributed by atoms with Gasteiger partial charge in [0, 0.05) is 24.4 Å². The predicted molar refractivity (Wildman–Crippen MR) is 118 cm³/mol. The summed E-state index contributed by atoms with van der Waals surface area (Å²) in [7, 11) is 0. The molecule has 1 N–H and O–H groups in total. The number of nitrogens with zero attached hydrogens (tertiary/aromatic N) is 3. The highest BCUT2D eigenvalue weighted by Gasteiger charge is 2.45. The van der Waals surface area contributed by atoms with E-state index in [-0.39, 0.29) is 36.6 Å². The molecule has 2 bridgehead atoms. The third-order valence-electron chi connectivity index (χ3n) is 6.89. The second-order valence-corrected chi connectivity index (χ2v) is 8.99. The van der Waals surface area contributed by atoms with Crippen molar-refractivity contribution in [3.05, 3.63) is 93.4 Å². The van der Waals surface area contributed by atoms with Crippen LogP contribution in [0, 0.1) is 23.5 Å². The van der Waals surface area contributed by atoms with Crippen LogP contribution in [-0.2, 0) is 0 Å². The van der Waals surface area contributed by atoms with Crippen LogP contribution >= 0.6 is 0 Å². The van der Waals surface area contributed by atoms with Gasteiger partial charge in [0.25, 0.3) is 5.91 Å². The third kappa shape index (κ3) is 3.14. The first-order chi connectivity index (χ1) is 16.4. The Morgan fingerprint density at radius 1 is 1.00 bits per heavy atom. The number of carbonyl (C=O) groups excluding carboxylic acids is 1. The highest BCUT2D eigenvalue weighted by molar-refractivity contribution is 5.96. The predicted octanol–water partition coefficient (Wildman–Crippen LogP) is 3.00. The molecule has 0 spiro atoms. The summed E-state index contributed by atoms with van der Waals surface area (Å²) in [6.07, 6.45) is 2.20. The van der Waals surface area contributed by atoms with Crippen LogP contribution in [0.1, 0.15) is 34.1 Å². The molecule has 9 heteroatoms. The molecule has 2 aliphatic heterocycles. The van der Waals surface area contributed by atoms with E-state index in [1.807, 2.05) is 30.3 Å². The van der Waals surface area contributed by atoms with E-state index in [0.717, 1.165) is 18.1 Å². The Kier molecular flexibility index (Phi) is 4.62. The molecule has 1 amide bonds. The number of hydrogen-bond acceptors (Lipinski definition) is 5. The summed E-state index contributed by atoms with van der Waals surface area (Å²) in [6, 6.07) is 12.2. The fourth-order valence-electron chi connectivity index (χ4n) is 5.00. The van der Waals surface area contributed by atoms with Gasteiger partial charge >= 0.3 is 0 Å². The first-order valence-corrected chi connectivity index (χ1v) is 11.1. The lowest BCUT2D eigenvalue weighted by molar-refractivity contribution is 0.0667. The van der Waals surface area contributed by atoms with Gasteiger partial charge in [-0.2, -0.15) is 4.39 Å². The summed E-state index contributed by atoms with van der Waals surface area (Å²) in [5.41, 5.74) is 0.299. The van der Waals surface area contributed by atoms with E-state index in [0.29, 0.717) is 12.1 Å². The molecular formula is C25H21F2N3O4. The van der Waals surface area contributed by atoms with Crippen LogP contribution in [0.4, 0.5) is 8.78 Å². The second kappa shape index (κ2) is 7.58. The molecule has 1 unspecified atom stereocenters. The SMILES string of the molecule is O=C1c2c(O)c(=O)ccn2N2CN1CC1C[C@H]1COc1c(ccc(F)c1F)[C@H]2c1ccccc1. The van der Waals surface area contributed by atoms with Crippen LogP contribution in [0.5, 0.6) is 11.5 Å². The van der Waals surface area contributed by atoms with Crippen LogP contribution in [0.3, 0.4) is 0 Å². The molecular weight excluding hydrogens is 444 g/mol. The van der Waals surface area contributed by atoms with Crippen molar-refractivity contribution in [1.29, 1.82) is 0 Å². The van der Waals surface area contributed by atoms with Crippen LogP contribution in [0.25, 0.3) is 0 Å². The van der Waals surface area contributed by atoms with E-state index in [4.69, 9.17) is 4.74 Å². The van der Waals surface area contributed by atoms with E-state index >= 15 is 4.39 Å². The van der Waals surface area contributed by atoms with E-state index in [9.17, 15) is 19.1 Å². The highest BCUT2D eigenvalue weighted by atomic mass is 19.2. The molecule has 7 nitrogen and oxygen atoms in total. The molecule has 3 aliphatic rings. The zero-order chi connectivity index (χ0) is 23.6. The maximum absolute atomic E-state index is 15.1. The van der Waals surface area contributed by atoms with Gasteiger partial charge in [0.15, 0.2) is 23.0 Å². The summed E-state index contributed by atoms with van der Waals surface area (Å²) in [5, 5.41) is 12.3. The van der Waals surface area contributed by atoms with Crippen molar-refractivity contribution in [2.75, 3.05) is 24.8 Å². The molecule has 3 aromatic rings. The maximum atomic E-state index is 15.1. The molecule has 1 aliphatic carbocycles. The first kappa shape index (κ1) is 20.7. The van der Waals surface area contributed by atoms with E-state index in [1.165, 1.54) is 23.0 Å². The second-order valence-electron chi connectivity index (χ2n) is 8.99. The zero-order valence-electron chi connectivity index (χ0n) is 18.0. The Morgan fingerprint density at radius 2 is 1.79 bits per heavy atom. The Labute approximate surface area is 193 Å². The number of aromatic hydroxyl groups is 1. The summed E-state index contributed by atoms with van der Waals surface area (Å²) in [5.74, 6) is -3.11. The van der Waals surface area contributed by atoms with E-state index in [1.54, 1.807) is 9.91 Å². The number of aromatic nitrogens is 1. The molecule has 6 rings (SSSR count). The molecule has 0 saturated heterocycles. The van der Waals surface area contributed by atoms with Gasteiger partial charge < -0.3 is 14.7 Å². The number of carbonyl (C=O) groups is 1. The van der Waals surface area contributed by atoms with Crippen LogP contribution in [-0.4, -0.2) is 40.4 Å². The summed E-state index contributed by atoms with van der Waals surface area (Å²) < 4.78 is 36.7. The number of halogens is 2. The van der Waals surface area contributed by atoms with Gasteiger partial charge in [0.05, 0.1) is 6.61 Å². The normalized spacial score (nSPS) is 23.2. The number of rotatable bonds is 1. The van der Waals surface area contributed by atoms with Crippen molar-refractivity contribution in [1.82, 2.24) is 9.58 Å². The molecule has 0 radical (unpaired) electrons. The van der Waals surface area contributed by atoms with Gasteiger partial charge in [0.2, 0.25) is 11.2 Å². The molecule has 174 valence electrons. The van der Waals surface area contributed by atoms with Gasteiger partial charge in [-0.25, -0.2) is 4.39 Å². The minimum absolute atomic E-state index is 0.0959. The van der Waals surface area contributed by atoms with Crippen molar-refractivity contribution in [2.45, 2.75) is 12.5 Å². The number of benzene rings is 2. The van der Waals surface area contributed by atoms with Crippen molar-refractivity contribution >= 4 is 5.91 Å². The number of hydrogen-bond donors (Lipinski definition) is 1. The molecule has 3 heterocycles. The Balaban J connectivity index is 1.64. The van der Waals surface area contributed by atoms with Gasteiger partial charge in [-0.15, -0.1) is 0 Å². The highest BCUT2D eigenvalue weighted by Crippen LogP contribution is 2.44. The molecule has 1 aromatic heterocycles. The minimum atomic E-state index is -1.07. The van der Waals surface area contributed by atoms with Gasteiger partial charge in [-0.05, 0) is 36.0 Å². The first-order valence-electron chi connectivity index (χ1n) is 11.1. The monoisotopic (exact) mass is 465 g/mol. The molecule has 1 fully saturated rings. The van der Waals surface area contributed by atoms with Gasteiger partial charge in [-0.1, -0.05) is 30.3 Å². The largest absolute Gasteiger partial charge is 0.502 e. The fourth-order valence-corrected chi connectivity index (χ4v) is 5.00. The van der Waals surface area contributed by atoms with Crippen molar-refractivity contribution in [2.24, 2.45) is 11.8 Å². The summed E-state index contributed by atoms with van der Waals surface area (Å²) in [6.45, 7) is 0.730. The van der Waals surface area contributed by atoms with Gasteiger partial charge in [0.1, 0.15) is 12.7 Å². The van der Waals surface area contributed by atoms with Crippen molar-refractivity contribution in [3.63, 3.8) is 0 Å². The summed E-state index contributed by atoms with van der Waals surface area (Å²) in [4.78, 5) is 27.2. The quantitative estimate of drug-likeness (QED) is 0.598. The van der Waals surface area contributed by atoms with Gasteiger partial charge in [-0.3, -0.25) is 19.3 Å². The molecule has 3 atom stereocenters. The zero-order valence-corrected chi connectivity index (χ0v) is 18.0. The third-order valence-corrected chi connectivity index (χ3v) is 6.89. The maximum Gasteiger partial charge on any atom is 0.277 e. The number of amides is 1. The molecule has 34 heavy (non-hydrogen) atoms. The smallest absolute Gasteiger partial charge is 0.277 e. The van der Waals surface area contributed by atoms with Crippen molar-refractivity contribution < 1.29 is 23.4 Å². The average molecular weight is 465 g/mol. The van der Waals surface area contributed by atoms with Crippen molar-refractivity contribution in [3.8, 4) is 11.5 Å². The minimum Gasteiger partial charge on any atom is -0.502 e. The molecule has 2 aromatic carbocycles. The standard InChI is InChI=1S/C25H21F2N3O4/c26-18-7-6-17-21(14-4-2-1-3-5-14)30-13-28(11-15-10-16(15)12-34-24(17)20(18)27)25(33)22-23(32)19(31)8-9-29(22)30/h1-9,15-16,21,32H,10-13H2/t15?,16-,21+/m0/s1. The topological polar surface area (TPSA) is 75.0 Å². The Hall–Kier alpha value is -3.88. The van der Waals surface area contributed by atoms with Crippen LogP contribution < -0.4 is 15.2 Å². The van der Waals surface area contributed by atoms with E-state index < -0.39 is 34.8 Å². The number of fused-ring (bicyclic) bond motifs is 6. The van der Waals surface area contributed by atoms with Crippen LogP contribution in [0.15, 0.2) is 59.5 Å². The lowest BCUT2D eigenvalue weighted by atomic mass is 9.96. The lowest BCUT2D eigenvalue weighted by Gasteiger charge is -2.44. The summed E-state index contributed by atoms with van der Waals surface area (Å²) >= 11 is 0. The Morgan fingerprint density at radius 3 is 2.59 bits per heavy atom. The number of ether oxygens (including phenoxy) is 1. The fraction of sp³-hybridized carbons (Fsp3) is 0.280. The lowest BCUT2D eigenvalue weighted by Crippen LogP contribution is -2.56. The van der Waals surface area contributed by atoms with Crippen LogP contribution in [0.2, 0.25) is 0 Å². The molecule has 1 saturated carbocycles. The van der Waals surface area contributed by atoms with E-state index in [2.05, 4.69) is 0 Å². The Bertz CT molecular complexity index is 1360. The number of pyridine rings is 1. The average Bonchev–Trinajstić information content (AvgIpc) is 3.58.